The fourth-order valence-electron chi connectivity index (χ4n) is 3.10. The van der Waals surface area contributed by atoms with E-state index in [0.29, 0.717) is 11.6 Å². The zero-order valence-electron chi connectivity index (χ0n) is 16.0. The number of carbonyl (C=O) groups is 1. The van der Waals surface area contributed by atoms with Crippen molar-refractivity contribution in [3.8, 4) is 11.4 Å². The van der Waals surface area contributed by atoms with E-state index < -0.39 is 0 Å². The second kappa shape index (κ2) is 7.26. The highest BCUT2D eigenvalue weighted by molar-refractivity contribution is 5.88. The van der Waals surface area contributed by atoms with Crippen molar-refractivity contribution in [3.63, 3.8) is 0 Å². The summed E-state index contributed by atoms with van der Waals surface area (Å²) in [5.41, 5.74) is 4.83. The number of aromatic amines is 1. The maximum Gasteiger partial charge on any atom is 0.225 e. The number of hydrogen-bond donors (Lipinski definition) is 2. The molecule has 1 amide bonds. The molecule has 0 bridgehead atoms. The average molecular weight is 375 g/mol. The first-order valence-electron chi connectivity index (χ1n) is 9.10. The lowest BCUT2D eigenvalue weighted by atomic mass is 10.0. The largest absolute Gasteiger partial charge is 0.464 e. The first kappa shape index (κ1) is 17.9. The average Bonchev–Trinajstić information content (AvgIpc) is 3.31. The molecule has 0 saturated carbocycles. The molecule has 3 heterocycles. The normalized spacial score (nSPS) is 12.2. The molecule has 1 unspecified atom stereocenters. The number of hydrogen-bond acceptors (Lipinski definition) is 5. The van der Waals surface area contributed by atoms with Crippen LogP contribution in [0.2, 0.25) is 0 Å². The highest BCUT2D eigenvalue weighted by atomic mass is 16.3. The molecule has 2 N–H and O–H groups in total. The van der Waals surface area contributed by atoms with E-state index in [4.69, 9.17) is 4.42 Å². The summed E-state index contributed by atoms with van der Waals surface area (Å²) in [7, 11) is 0. The van der Waals surface area contributed by atoms with Gasteiger partial charge in [-0.25, -0.2) is 4.98 Å². The number of aryl methyl sites for hydroxylation is 2. The van der Waals surface area contributed by atoms with E-state index in [2.05, 4.69) is 38.5 Å². The van der Waals surface area contributed by atoms with Crippen LogP contribution in [0.3, 0.4) is 0 Å². The first-order valence-corrected chi connectivity index (χ1v) is 9.10. The molecule has 142 valence electrons. The maximum atomic E-state index is 12.5. The van der Waals surface area contributed by atoms with Gasteiger partial charge in [-0.2, -0.15) is 5.10 Å². The Kier molecular flexibility index (Phi) is 4.65. The SMILES string of the molecule is Cc1cc2occ(CC(=O)NC(C)c3nc(-c4cccnc4)n[nH]3)c2cc1C. The molecule has 0 fully saturated rings. The van der Waals surface area contributed by atoms with Crippen LogP contribution in [0.4, 0.5) is 0 Å². The third-order valence-electron chi connectivity index (χ3n) is 4.83. The van der Waals surface area contributed by atoms with Crippen LogP contribution in [0.15, 0.2) is 47.3 Å². The Morgan fingerprint density at radius 3 is 2.89 bits per heavy atom. The van der Waals surface area contributed by atoms with Gasteiger partial charge in [0.1, 0.15) is 11.4 Å². The van der Waals surface area contributed by atoms with Gasteiger partial charge in [-0.15, -0.1) is 0 Å². The number of nitrogens with one attached hydrogen (secondary N) is 2. The zero-order chi connectivity index (χ0) is 19.7. The summed E-state index contributed by atoms with van der Waals surface area (Å²) < 4.78 is 5.61. The Hall–Kier alpha value is -3.48. The molecule has 3 aromatic heterocycles. The van der Waals surface area contributed by atoms with Crippen LogP contribution in [0.5, 0.6) is 0 Å². The number of H-pyrrole nitrogens is 1. The Balaban J connectivity index is 1.45. The van der Waals surface area contributed by atoms with Crippen molar-refractivity contribution in [3.05, 3.63) is 65.4 Å². The fraction of sp³-hybridized carbons (Fsp3) is 0.238. The van der Waals surface area contributed by atoms with Crippen molar-refractivity contribution >= 4 is 16.9 Å². The molecule has 28 heavy (non-hydrogen) atoms. The topological polar surface area (TPSA) is 96.7 Å². The molecule has 7 heteroatoms. The lowest BCUT2D eigenvalue weighted by Crippen LogP contribution is -2.28. The van der Waals surface area contributed by atoms with Crippen LogP contribution in [-0.2, 0) is 11.2 Å². The third-order valence-corrected chi connectivity index (χ3v) is 4.83. The number of amides is 1. The van der Waals surface area contributed by atoms with Gasteiger partial charge in [-0.05, 0) is 56.2 Å². The Labute approximate surface area is 162 Å². The minimum Gasteiger partial charge on any atom is -0.464 e. The lowest BCUT2D eigenvalue weighted by Gasteiger charge is -2.10. The molecule has 4 rings (SSSR count). The second-order valence-electron chi connectivity index (χ2n) is 6.95. The van der Waals surface area contributed by atoms with E-state index in [1.54, 1.807) is 18.7 Å². The summed E-state index contributed by atoms with van der Waals surface area (Å²) in [6.45, 7) is 5.96. The van der Waals surface area contributed by atoms with Crippen LogP contribution < -0.4 is 5.32 Å². The van der Waals surface area contributed by atoms with Gasteiger partial charge in [0.25, 0.3) is 0 Å². The summed E-state index contributed by atoms with van der Waals surface area (Å²) in [6, 6.07) is 7.49. The molecule has 0 aliphatic carbocycles. The van der Waals surface area contributed by atoms with Gasteiger partial charge in [-0.1, -0.05) is 0 Å². The molecule has 0 saturated heterocycles. The summed E-state index contributed by atoms with van der Waals surface area (Å²) in [4.78, 5) is 21.1. The molecule has 7 nitrogen and oxygen atoms in total. The van der Waals surface area contributed by atoms with Crippen molar-refractivity contribution in [1.82, 2.24) is 25.5 Å². The van der Waals surface area contributed by atoms with Crippen molar-refractivity contribution in [2.45, 2.75) is 33.2 Å². The molecule has 0 aliphatic rings. The highest BCUT2D eigenvalue weighted by Crippen LogP contribution is 2.25. The highest BCUT2D eigenvalue weighted by Gasteiger charge is 2.17. The molecule has 0 spiro atoms. The standard InChI is InChI=1S/C21H21N5O2/c1-12-7-17-16(11-28-18(17)8-13(12)2)9-19(27)23-14(3)20-24-21(26-25-20)15-5-4-6-22-10-15/h4-8,10-11,14H,9H2,1-3H3,(H,23,27)(H,24,25,26). The first-order chi connectivity index (χ1) is 13.5. The minimum atomic E-state index is -0.299. The number of benzene rings is 1. The van der Waals surface area contributed by atoms with Crippen molar-refractivity contribution < 1.29 is 9.21 Å². The smallest absolute Gasteiger partial charge is 0.225 e. The van der Waals surface area contributed by atoms with Gasteiger partial charge in [-0.3, -0.25) is 14.9 Å². The molecule has 4 aromatic rings. The molecule has 1 atom stereocenters. The number of nitrogens with zero attached hydrogens (tertiary/aromatic N) is 3. The summed E-state index contributed by atoms with van der Waals surface area (Å²) in [6.07, 6.45) is 5.29. The summed E-state index contributed by atoms with van der Waals surface area (Å²) >= 11 is 0. The van der Waals surface area contributed by atoms with Crippen LogP contribution in [-0.4, -0.2) is 26.1 Å². The van der Waals surface area contributed by atoms with Crippen molar-refractivity contribution in [2.75, 3.05) is 0 Å². The van der Waals surface area contributed by atoms with E-state index >= 15 is 0 Å². The summed E-state index contributed by atoms with van der Waals surface area (Å²) in [5, 5.41) is 11.0. The Morgan fingerprint density at radius 2 is 2.11 bits per heavy atom. The monoisotopic (exact) mass is 375 g/mol. The number of carbonyl (C=O) groups excluding carboxylic acids is 1. The fourth-order valence-corrected chi connectivity index (χ4v) is 3.10. The van der Waals surface area contributed by atoms with Gasteiger partial charge in [0, 0.05) is 28.9 Å². The van der Waals surface area contributed by atoms with E-state index in [1.807, 2.05) is 32.0 Å². The number of furan rings is 1. The van der Waals surface area contributed by atoms with E-state index in [1.165, 1.54) is 11.1 Å². The lowest BCUT2D eigenvalue weighted by molar-refractivity contribution is -0.121. The quantitative estimate of drug-likeness (QED) is 0.555. The summed E-state index contributed by atoms with van der Waals surface area (Å²) in [5.74, 6) is 1.04. The van der Waals surface area contributed by atoms with Crippen LogP contribution in [0.1, 0.15) is 35.5 Å². The zero-order valence-corrected chi connectivity index (χ0v) is 16.0. The minimum absolute atomic E-state index is 0.104. The molecule has 1 aromatic carbocycles. The number of pyridine rings is 1. The van der Waals surface area contributed by atoms with Crippen LogP contribution in [0, 0.1) is 13.8 Å². The number of fused-ring (bicyclic) bond motifs is 1. The van der Waals surface area contributed by atoms with E-state index in [0.717, 1.165) is 22.1 Å². The van der Waals surface area contributed by atoms with Gasteiger partial charge in [0.15, 0.2) is 5.82 Å². The van der Waals surface area contributed by atoms with Crippen LogP contribution >= 0.6 is 0 Å². The van der Waals surface area contributed by atoms with E-state index in [9.17, 15) is 4.79 Å². The van der Waals surface area contributed by atoms with Gasteiger partial charge in [0.05, 0.1) is 18.7 Å². The van der Waals surface area contributed by atoms with Crippen molar-refractivity contribution in [2.24, 2.45) is 0 Å². The van der Waals surface area contributed by atoms with Gasteiger partial charge in [0.2, 0.25) is 5.91 Å². The Morgan fingerprint density at radius 1 is 1.29 bits per heavy atom. The Bertz CT molecular complexity index is 1130. The molecular formula is C21H21N5O2. The third kappa shape index (κ3) is 3.51. The number of aromatic nitrogens is 4. The van der Waals surface area contributed by atoms with Gasteiger partial charge < -0.3 is 9.73 Å². The molecule has 0 radical (unpaired) electrons. The van der Waals surface area contributed by atoms with E-state index in [-0.39, 0.29) is 18.4 Å². The van der Waals surface area contributed by atoms with Crippen LogP contribution in [0.25, 0.3) is 22.4 Å². The second-order valence-corrected chi connectivity index (χ2v) is 6.95. The molecule has 0 aliphatic heterocycles. The number of rotatable bonds is 5. The predicted octanol–water partition coefficient (Wildman–Crippen LogP) is 3.65. The van der Waals surface area contributed by atoms with Gasteiger partial charge >= 0.3 is 0 Å². The van der Waals surface area contributed by atoms with Crippen molar-refractivity contribution in [1.29, 1.82) is 0 Å². The molecular weight excluding hydrogens is 354 g/mol. The predicted molar refractivity (Wildman–Crippen MR) is 106 cm³/mol. The maximum absolute atomic E-state index is 12.5.